The van der Waals surface area contributed by atoms with Gasteiger partial charge in [0.05, 0.1) is 20.6 Å². The molecule has 4 aromatic carbocycles. The highest BCUT2D eigenvalue weighted by Gasteiger charge is 2.35. The predicted octanol–water partition coefficient (Wildman–Crippen LogP) is 7.32. The minimum Gasteiger partial charge on any atom is -0.354 e. The van der Waals surface area contributed by atoms with E-state index in [4.69, 9.17) is 34.8 Å². The van der Waals surface area contributed by atoms with Gasteiger partial charge in [-0.2, -0.15) is 0 Å². The van der Waals surface area contributed by atoms with Crippen molar-refractivity contribution in [2.45, 2.75) is 44.2 Å². The number of amides is 2. The zero-order valence-electron chi connectivity index (χ0n) is 24.9. The van der Waals surface area contributed by atoms with E-state index >= 15 is 0 Å². The fraction of sp³-hybridized carbons (Fsp3) is 0.235. The summed E-state index contributed by atoms with van der Waals surface area (Å²) in [6.45, 7) is 3.48. The minimum absolute atomic E-state index is 0.0261. The highest BCUT2D eigenvalue weighted by Crippen LogP contribution is 2.36. The summed E-state index contributed by atoms with van der Waals surface area (Å²) in [6.07, 6.45) is 0.882. The third-order valence-corrected chi connectivity index (χ3v) is 10.2. The zero-order chi connectivity index (χ0) is 32.6. The Labute approximate surface area is 279 Å². The zero-order valence-corrected chi connectivity index (χ0v) is 28.0. The van der Waals surface area contributed by atoms with Crippen molar-refractivity contribution in [3.05, 3.63) is 129 Å². The first-order valence-corrected chi connectivity index (χ1v) is 17.0. The summed E-state index contributed by atoms with van der Waals surface area (Å²) in [6, 6.07) is 26.2. The molecule has 11 heteroatoms. The highest BCUT2D eigenvalue weighted by molar-refractivity contribution is 7.92. The van der Waals surface area contributed by atoms with Crippen LogP contribution >= 0.6 is 34.8 Å². The molecule has 45 heavy (non-hydrogen) atoms. The summed E-state index contributed by atoms with van der Waals surface area (Å²) in [5.74, 6) is -0.996. The average Bonchev–Trinajstić information content (AvgIpc) is 3.03. The minimum atomic E-state index is -4.32. The molecule has 0 radical (unpaired) electrons. The van der Waals surface area contributed by atoms with Crippen LogP contribution in [-0.2, 0) is 32.6 Å². The molecule has 1 unspecified atom stereocenters. The van der Waals surface area contributed by atoms with E-state index in [-0.39, 0.29) is 39.5 Å². The van der Waals surface area contributed by atoms with Gasteiger partial charge < -0.3 is 10.2 Å². The quantitative estimate of drug-likeness (QED) is 0.160. The first-order chi connectivity index (χ1) is 21.5. The second-order valence-corrected chi connectivity index (χ2v) is 13.6. The van der Waals surface area contributed by atoms with Gasteiger partial charge in [-0.15, -0.1) is 0 Å². The molecule has 0 bridgehead atoms. The molecule has 236 valence electrons. The van der Waals surface area contributed by atoms with Crippen LogP contribution in [0.2, 0.25) is 15.1 Å². The van der Waals surface area contributed by atoms with Gasteiger partial charge in [0.1, 0.15) is 12.6 Å². The Morgan fingerprint density at radius 3 is 2.13 bits per heavy atom. The van der Waals surface area contributed by atoms with Crippen LogP contribution in [0.3, 0.4) is 0 Å². The number of hydrogen-bond donors (Lipinski definition) is 1. The Bertz CT molecular complexity index is 1740. The molecule has 1 N–H and O–H groups in total. The summed E-state index contributed by atoms with van der Waals surface area (Å²) < 4.78 is 29.3. The van der Waals surface area contributed by atoms with Crippen LogP contribution in [0.1, 0.15) is 30.0 Å². The molecule has 0 saturated carbocycles. The lowest BCUT2D eigenvalue weighted by Crippen LogP contribution is -2.53. The molecule has 0 aliphatic carbocycles. The van der Waals surface area contributed by atoms with Crippen molar-refractivity contribution in [1.29, 1.82) is 0 Å². The summed E-state index contributed by atoms with van der Waals surface area (Å²) in [5, 5.41) is 3.42. The second kappa shape index (κ2) is 15.6. The molecule has 2 amide bonds. The molecule has 7 nitrogen and oxygen atoms in total. The van der Waals surface area contributed by atoms with Gasteiger partial charge in [0.15, 0.2) is 0 Å². The van der Waals surface area contributed by atoms with Crippen LogP contribution in [0, 0.1) is 6.92 Å². The van der Waals surface area contributed by atoms with Crippen LogP contribution in [0.15, 0.2) is 102 Å². The normalized spacial score (nSPS) is 11.9. The topological polar surface area (TPSA) is 86.8 Å². The summed E-state index contributed by atoms with van der Waals surface area (Å²) >= 11 is 19.4. The third-order valence-electron chi connectivity index (χ3n) is 7.21. The van der Waals surface area contributed by atoms with E-state index in [0.29, 0.717) is 23.6 Å². The van der Waals surface area contributed by atoms with E-state index < -0.39 is 28.5 Å². The molecule has 0 spiro atoms. The van der Waals surface area contributed by atoms with Crippen LogP contribution < -0.4 is 9.62 Å². The number of nitrogens with one attached hydrogen (secondary N) is 1. The Balaban J connectivity index is 1.83. The van der Waals surface area contributed by atoms with E-state index in [0.717, 1.165) is 15.4 Å². The van der Waals surface area contributed by atoms with Gasteiger partial charge in [0.2, 0.25) is 11.8 Å². The number of nitrogens with zero attached hydrogens (tertiary/aromatic N) is 2. The van der Waals surface area contributed by atoms with Gasteiger partial charge in [-0.25, -0.2) is 8.42 Å². The Morgan fingerprint density at radius 2 is 1.47 bits per heavy atom. The van der Waals surface area contributed by atoms with E-state index in [1.807, 2.05) is 44.2 Å². The van der Waals surface area contributed by atoms with E-state index in [1.165, 1.54) is 29.2 Å². The van der Waals surface area contributed by atoms with Gasteiger partial charge in [0.25, 0.3) is 10.0 Å². The number of rotatable bonds is 13. The lowest BCUT2D eigenvalue weighted by molar-refractivity contribution is -0.140. The lowest BCUT2D eigenvalue weighted by Gasteiger charge is -2.34. The number of sulfonamides is 1. The third kappa shape index (κ3) is 8.58. The van der Waals surface area contributed by atoms with Gasteiger partial charge in [-0.3, -0.25) is 13.9 Å². The molecule has 4 aromatic rings. The van der Waals surface area contributed by atoms with E-state index in [1.54, 1.807) is 42.5 Å². The fourth-order valence-electron chi connectivity index (χ4n) is 4.77. The number of benzene rings is 4. The van der Waals surface area contributed by atoms with Crippen molar-refractivity contribution in [2.24, 2.45) is 0 Å². The fourth-order valence-corrected chi connectivity index (χ4v) is 6.84. The molecular formula is C34H34Cl3N3O4S. The molecule has 4 rings (SSSR count). The SMILES string of the molecule is CCCNC(=O)C(Cc1ccccc1)N(Cc1ccccc1Cl)C(=O)CN(c1cccc(Cl)c1Cl)S(=O)(=O)c1ccc(C)cc1. The standard InChI is InChI=1S/C34H34Cl3N3O4S/c1-3-20-38-34(42)31(21-25-10-5-4-6-11-25)39(22-26-12-7-8-13-28(26)35)32(41)23-40(30-15-9-14-29(36)33(30)37)45(43,44)27-18-16-24(2)17-19-27/h4-19,31H,3,20-23H2,1-2H3,(H,38,42). The number of carbonyl (C=O) groups is 2. The number of aryl methyl sites for hydroxylation is 1. The highest BCUT2D eigenvalue weighted by atomic mass is 35.5. The molecule has 0 saturated heterocycles. The summed E-state index contributed by atoms with van der Waals surface area (Å²) in [4.78, 5) is 29.6. The van der Waals surface area contributed by atoms with E-state index in [9.17, 15) is 18.0 Å². The molecule has 1 atom stereocenters. The maximum atomic E-state index is 14.5. The van der Waals surface area contributed by atoms with Crippen molar-refractivity contribution in [2.75, 3.05) is 17.4 Å². The lowest BCUT2D eigenvalue weighted by atomic mass is 10.0. The first-order valence-electron chi connectivity index (χ1n) is 14.4. The first kappa shape index (κ1) is 34.3. The maximum absolute atomic E-state index is 14.5. The molecule has 0 aliphatic heterocycles. The van der Waals surface area contributed by atoms with Gasteiger partial charge >= 0.3 is 0 Å². The van der Waals surface area contributed by atoms with Crippen molar-refractivity contribution in [1.82, 2.24) is 10.2 Å². The average molecular weight is 687 g/mol. The summed E-state index contributed by atoms with van der Waals surface area (Å²) in [5.41, 5.74) is 2.33. The van der Waals surface area contributed by atoms with Crippen LogP contribution in [-0.4, -0.2) is 44.3 Å². The number of hydrogen-bond acceptors (Lipinski definition) is 4. The molecule has 0 aromatic heterocycles. The smallest absolute Gasteiger partial charge is 0.264 e. The second-order valence-electron chi connectivity index (χ2n) is 10.5. The van der Waals surface area contributed by atoms with E-state index in [2.05, 4.69) is 5.32 Å². The van der Waals surface area contributed by atoms with Gasteiger partial charge in [0, 0.05) is 24.5 Å². The molecule has 0 aliphatic rings. The molecule has 0 heterocycles. The van der Waals surface area contributed by atoms with Crippen molar-refractivity contribution >= 4 is 62.3 Å². The van der Waals surface area contributed by atoms with Gasteiger partial charge in [-0.1, -0.05) is 114 Å². The Morgan fingerprint density at radius 1 is 0.822 bits per heavy atom. The van der Waals surface area contributed by atoms with Crippen LogP contribution in [0.25, 0.3) is 0 Å². The molecular weight excluding hydrogens is 653 g/mol. The van der Waals surface area contributed by atoms with Crippen LogP contribution in [0.4, 0.5) is 5.69 Å². The number of anilines is 1. The summed E-state index contributed by atoms with van der Waals surface area (Å²) in [7, 11) is -4.32. The van der Waals surface area contributed by atoms with Crippen molar-refractivity contribution in [3.8, 4) is 0 Å². The monoisotopic (exact) mass is 685 g/mol. The van der Waals surface area contributed by atoms with Crippen LogP contribution in [0.5, 0.6) is 0 Å². The number of carbonyl (C=O) groups excluding carboxylic acids is 2. The Hall–Kier alpha value is -3.56. The Kier molecular flexibility index (Phi) is 11.9. The molecule has 0 fully saturated rings. The van der Waals surface area contributed by atoms with Crippen molar-refractivity contribution in [3.63, 3.8) is 0 Å². The van der Waals surface area contributed by atoms with Gasteiger partial charge in [-0.05, 0) is 54.8 Å². The maximum Gasteiger partial charge on any atom is 0.264 e. The number of halogens is 3. The van der Waals surface area contributed by atoms with Crippen molar-refractivity contribution < 1.29 is 18.0 Å². The largest absolute Gasteiger partial charge is 0.354 e. The predicted molar refractivity (Wildman–Crippen MR) is 181 cm³/mol.